The zero-order valence-corrected chi connectivity index (χ0v) is 17.8. The number of nitro groups is 1. The second-order valence-corrected chi connectivity index (χ2v) is 7.90. The summed E-state index contributed by atoms with van der Waals surface area (Å²) >= 11 is 1.14. The summed E-state index contributed by atoms with van der Waals surface area (Å²) in [4.78, 5) is 44.6. The number of halogens is 1. The SMILES string of the molecule is Cn1c(=O)c2c(SCc3ccccc3F)nc(-c3ccc([N+](=O)[O-])cc3)nc2n(C)c1=O. The molecule has 2 heterocycles. The van der Waals surface area contributed by atoms with E-state index < -0.39 is 16.2 Å². The number of nitro benzene ring substituents is 1. The summed E-state index contributed by atoms with van der Waals surface area (Å²) in [5.74, 6) is 0.00532. The van der Waals surface area contributed by atoms with Gasteiger partial charge in [-0.3, -0.25) is 24.0 Å². The van der Waals surface area contributed by atoms with Gasteiger partial charge in [-0.2, -0.15) is 0 Å². The number of nitrogens with zero attached hydrogens (tertiary/aromatic N) is 5. The Hall–Kier alpha value is -3.86. The van der Waals surface area contributed by atoms with Crippen molar-refractivity contribution in [3.05, 3.63) is 90.9 Å². The molecular weight excluding hydrogens is 437 g/mol. The lowest BCUT2D eigenvalue weighted by Crippen LogP contribution is -2.37. The van der Waals surface area contributed by atoms with E-state index in [1.807, 2.05) is 0 Å². The molecule has 0 aliphatic rings. The van der Waals surface area contributed by atoms with Crippen LogP contribution in [-0.2, 0) is 19.8 Å². The van der Waals surface area contributed by atoms with E-state index >= 15 is 0 Å². The monoisotopic (exact) mass is 453 g/mol. The Kier molecular flexibility index (Phi) is 5.57. The van der Waals surface area contributed by atoms with Gasteiger partial charge in [0.05, 0.1) is 4.92 Å². The Balaban J connectivity index is 1.91. The minimum Gasteiger partial charge on any atom is -0.280 e. The Bertz CT molecular complexity index is 1480. The summed E-state index contributed by atoms with van der Waals surface area (Å²) in [5, 5.41) is 11.4. The van der Waals surface area contributed by atoms with Crippen molar-refractivity contribution in [3.8, 4) is 11.4 Å². The summed E-state index contributed by atoms with van der Waals surface area (Å²) < 4.78 is 16.3. The van der Waals surface area contributed by atoms with E-state index in [0.29, 0.717) is 11.1 Å². The van der Waals surface area contributed by atoms with Crippen molar-refractivity contribution < 1.29 is 9.31 Å². The van der Waals surface area contributed by atoms with Gasteiger partial charge in [0.2, 0.25) is 0 Å². The van der Waals surface area contributed by atoms with Crippen LogP contribution in [-0.4, -0.2) is 24.0 Å². The van der Waals surface area contributed by atoms with Gasteiger partial charge < -0.3 is 0 Å². The molecule has 4 rings (SSSR count). The molecule has 0 saturated carbocycles. The van der Waals surface area contributed by atoms with Crippen molar-refractivity contribution >= 4 is 28.5 Å². The predicted molar refractivity (Wildman–Crippen MR) is 118 cm³/mol. The maximum absolute atomic E-state index is 14.1. The molecule has 0 spiro atoms. The van der Waals surface area contributed by atoms with E-state index in [2.05, 4.69) is 9.97 Å². The molecule has 162 valence electrons. The van der Waals surface area contributed by atoms with Crippen LogP contribution in [0.4, 0.5) is 10.1 Å². The van der Waals surface area contributed by atoms with Crippen LogP contribution in [0.3, 0.4) is 0 Å². The Labute approximate surface area is 184 Å². The highest BCUT2D eigenvalue weighted by atomic mass is 32.2. The average Bonchev–Trinajstić information content (AvgIpc) is 2.80. The number of hydrogen-bond donors (Lipinski definition) is 0. The van der Waals surface area contributed by atoms with Gasteiger partial charge in [-0.05, 0) is 23.8 Å². The molecule has 2 aromatic carbocycles. The van der Waals surface area contributed by atoms with Crippen molar-refractivity contribution in [1.82, 2.24) is 19.1 Å². The molecule has 0 unspecified atom stereocenters. The van der Waals surface area contributed by atoms with Gasteiger partial charge in [-0.25, -0.2) is 19.2 Å². The minimum absolute atomic E-state index is 0.0926. The van der Waals surface area contributed by atoms with Gasteiger partial charge in [-0.15, -0.1) is 11.8 Å². The van der Waals surface area contributed by atoms with Crippen LogP contribution in [0.15, 0.2) is 63.1 Å². The number of fused-ring (bicyclic) bond motifs is 1. The van der Waals surface area contributed by atoms with Gasteiger partial charge in [0.15, 0.2) is 11.5 Å². The van der Waals surface area contributed by atoms with Gasteiger partial charge in [-0.1, -0.05) is 18.2 Å². The van der Waals surface area contributed by atoms with Crippen molar-refractivity contribution in [3.63, 3.8) is 0 Å². The largest absolute Gasteiger partial charge is 0.332 e. The van der Waals surface area contributed by atoms with Crippen molar-refractivity contribution in [2.45, 2.75) is 10.8 Å². The normalized spacial score (nSPS) is 11.1. The standard InChI is InChI=1S/C21H16FN5O4S/c1-25-18-16(20(28)26(2)21(25)29)19(32-11-13-5-3-4-6-15(13)22)24-17(23-18)12-7-9-14(10-8-12)27(30)31/h3-10H,11H2,1-2H3. The molecule has 0 bridgehead atoms. The van der Waals surface area contributed by atoms with Crippen LogP contribution in [0, 0.1) is 15.9 Å². The quantitative estimate of drug-likeness (QED) is 0.198. The lowest BCUT2D eigenvalue weighted by Gasteiger charge is -2.12. The lowest BCUT2D eigenvalue weighted by atomic mass is 10.2. The maximum Gasteiger partial charge on any atom is 0.332 e. The third kappa shape index (κ3) is 3.78. The highest BCUT2D eigenvalue weighted by Crippen LogP contribution is 2.29. The van der Waals surface area contributed by atoms with E-state index in [4.69, 9.17) is 0 Å². The summed E-state index contributed by atoms with van der Waals surface area (Å²) in [6.07, 6.45) is 0. The first-order chi connectivity index (χ1) is 15.3. The molecule has 0 amide bonds. The zero-order valence-electron chi connectivity index (χ0n) is 17.0. The topological polar surface area (TPSA) is 113 Å². The van der Waals surface area contributed by atoms with Crippen molar-refractivity contribution in [2.75, 3.05) is 0 Å². The van der Waals surface area contributed by atoms with E-state index in [9.17, 15) is 24.1 Å². The number of aromatic nitrogens is 4. The van der Waals surface area contributed by atoms with Crippen LogP contribution < -0.4 is 11.2 Å². The van der Waals surface area contributed by atoms with Gasteiger partial charge in [0.1, 0.15) is 16.2 Å². The molecule has 0 aliphatic carbocycles. The summed E-state index contributed by atoms with van der Waals surface area (Å²) in [6, 6.07) is 11.9. The molecule has 0 aliphatic heterocycles. The number of aryl methyl sites for hydroxylation is 1. The van der Waals surface area contributed by atoms with Gasteiger partial charge >= 0.3 is 5.69 Å². The van der Waals surface area contributed by atoms with Crippen LogP contribution in [0.1, 0.15) is 5.56 Å². The molecule has 0 fully saturated rings. The molecule has 9 nitrogen and oxygen atoms in total. The second kappa shape index (κ2) is 8.35. The number of non-ortho nitro benzene ring substituents is 1. The van der Waals surface area contributed by atoms with Crippen LogP contribution >= 0.6 is 11.8 Å². The first kappa shape index (κ1) is 21.4. The Morgan fingerprint density at radius 1 is 1.03 bits per heavy atom. The van der Waals surface area contributed by atoms with Crippen LogP contribution in [0.5, 0.6) is 0 Å². The summed E-state index contributed by atoms with van der Waals surface area (Å²) in [5.41, 5.74) is -0.182. The number of hydrogen-bond acceptors (Lipinski definition) is 7. The fraction of sp³-hybridized carbons (Fsp3) is 0.143. The molecule has 4 aromatic rings. The van der Waals surface area contributed by atoms with Crippen LogP contribution in [0.2, 0.25) is 0 Å². The zero-order chi connectivity index (χ0) is 23.0. The second-order valence-electron chi connectivity index (χ2n) is 6.94. The number of thioether (sulfide) groups is 1. The Morgan fingerprint density at radius 2 is 1.72 bits per heavy atom. The van der Waals surface area contributed by atoms with E-state index in [1.54, 1.807) is 18.2 Å². The van der Waals surface area contributed by atoms with Crippen LogP contribution in [0.25, 0.3) is 22.4 Å². The maximum atomic E-state index is 14.1. The minimum atomic E-state index is -0.561. The molecular formula is C21H16FN5O4S. The molecule has 11 heteroatoms. The predicted octanol–water partition coefficient (Wildman–Crippen LogP) is 3.03. The van der Waals surface area contributed by atoms with Crippen molar-refractivity contribution in [1.29, 1.82) is 0 Å². The Morgan fingerprint density at radius 3 is 2.38 bits per heavy atom. The molecule has 0 saturated heterocycles. The van der Waals surface area contributed by atoms with Crippen molar-refractivity contribution in [2.24, 2.45) is 14.1 Å². The molecule has 2 aromatic heterocycles. The number of benzene rings is 2. The molecule has 0 radical (unpaired) electrons. The molecule has 0 atom stereocenters. The fourth-order valence-corrected chi connectivity index (χ4v) is 4.16. The molecule has 32 heavy (non-hydrogen) atoms. The smallest absolute Gasteiger partial charge is 0.280 e. The van der Waals surface area contributed by atoms with E-state index in [1.165, 1.54) is 49.0 Å². The van der Waals surface area contributed by atoms with Gasteiger partial charge in [0.25, 0.3) is 11.2 Å². The highest BCUT2D eigenvalue weighted by Gasteiger charge is 2.19. The fourth-order valence-electron chi connectivity index (χ4n) is 3.16. The van der Waals surface area contributed by atoms with Gasteiger partial charge in [0, 0.05) is 37.5 Å². The highest BCUT2D eigenvalue weighted by molar-refractivity contribution is 7.98. The molecule has 0 N–H and O–H groups in total. The first-order valence-electron chi connectivity index (χ1n) is 9.36. The summed E-state index contributed by atoms with van der Waals surface area (Å²) in [6.45, 7) is 0. The third-order valence-corrected chi connectivity index (χ3v) is 5.95. The first-order valence-corrected chi connectivity index (χ1v) is 10.3. The number of rotatable bonds is 5. The van der Waals surface area contributed by atoms with E-state index in [0.717, 1.165) is 16.3 Å². The third-order valence-electron chi connectivity index (χ3n) is 4.93. The average molecular weight is 453 g/mol. The lowest BCUT2D eigenvalue weighted by molar-refractivity contribution is -0.384. The van der Waals surface area contributed by atoms with E-state index in [-0.39, 0.29) is 39.1 Å². The summed E-state index contributed by atoms with van der Waals surface area (Å²) in [7, 11) is 2.85.